The van der Waals surface area contributed by atoms with Gasteiger partial charge in [0.2, 0.25) is 0 Å². The van der Waals surface area contributed by atoms with E-state index in [1.54, 1.807) is 24.3 Å². The molecule has 0 amide bonds. The van der Waals surface area contributed by atoms with Crippen LogP contribution in [0.3, 0.4) is 0 Å². The summed E-state index contributed by atoms with van der Waals surface area (Å²) in [6, 6.07) is 6.67. The number of benzene rings is 1. The molecule has 0 bridgehead atoms. The predicted molar refractivity (Wildman–Crippen MR) is 38.9 cm³/mol. The summed E-state index contributed by atoms with van der Waals surface area (Å²) < 4.78 is 0. The Hall–Kier alpha value is -0.132. The smallest absolute Gasteiger partial charge is 0.134 e. The number of aromatic hydroxyl groups is 1. The van der Waals surface area contributed by atoms with Crippen LogP contribution in [0.2, 0.25) is 5.02 Å². The second-order valence-electron chi connectivity index (χ2n) is 1.45. The molecule has 1 aromatic carbocycles. The molecule has 0 aliphatic rings. The third-order valence-corrected chi connectivity index (χ3v) is 1.17. The number of phenolic OH excluding ortho intramolecular Hbond substituents is 1. The first-order chi connectivity index (χ1) is 3.80. The Kier molecular flexibility index (Phi) is 3.76. The van der Waals surface area contributed by atoms with Gasteiger partial charge in [-0.25, -0.2) is 0 Å². The Balaban J connectivity index is 0.000000640. The summed E-state index contributed by atoms with van der Waals surface area (Å²) in [7, 11) is 0. The fourth-order valence-electron chi connectivity index (χ4n) is 0.452. The van der Waals surface area contributed by atoms with Crippen molar-refractivity contribution in [2.24, 2.45) is 0 Å². The summed E-state index contributed by atoms with van der Waals surface area (Å²) in [5.41, 5.74) is 0. The molecular weight excluding hydrogens is 198 g/mol. The largest absolute Gasteiger partial charge is 0.506 e. The van der Waals surface area contributed by atoms with Crippen molar-refractivity contribution in [1.82, 2.24) is 0 Å². The number of rotatable bonds is 0. The molecule has 0 unspecified atom stereocenters. The van der Waals surface area contributed by atoms with E-state index in [1.165, 1.54) is 0 Å². The van der Waals surface area contributed by atoms with Crippen molar-refractivity contribution in [1.29, 1.82) is 0 Å². The Morgan fingerprint density at radius 2 is 1.78 bits per heavy atom. The van der Waals surface area contributed by atoms with Gasteiger partial charge in [-0.3, -0.25) is 0 Å². The van der Waals surface area contributed by atoms with Gasteiger partial charge in [-0.1, -0.05) is 23.7 Å². The SMILES string of the molecule is Oc1ccccc1Cl.[As]. The van der Waals surface area contributed by atoms with E-state index < -0.39 is 0 Å². The Bertz CT molecular complexity index is 169. The average molecular weight is 203 g/mol. The van der Waals surface area contributed by atoms with E-state index in [-0.39, 0.29) is 23.7 Å². The maximum atomic E-state index is 8.79. The zero-order valence-corrected chi connectivity index (χ0v) is 7.21. The third kappa shape index (κ3) is 2.29. The van der Waals surface area contributed by atoms with E-state index in [1.807, 2.05) is 0 Å². The number of phenols is 1. The standard InChI is InChI=1S/C6H5ClO.As/c7-5-3-1-2-4-6(5)8;/h1-4,8H;. The van der Waals surface area contributed by atoms with Gasteiger partial charge in [0.25, 0.3) is 0 Å². The van der Waals surface area contributed by atoms with Crippen LogP contribution in [-0.4, -0.2) is 23.1 Å². The third-order valence-electron chi connectivity index (χ3n) is 0.852. The quantitative estimate of drug-likeness (QED) is 0.636. The van der Waals surface area contributed by atoms with E-state index in [2.05, 4.69) is 0 Å². The molecule has 47 valence electrons. The minimum absolute atomic E-state index is 0. The fraction of sp³-hybridized carbons (Fsp3) is 0. The molecule has 0 saturated heterocycles. The van der Waals surface area contributed by atoms with Gasteiger partial charge in [0.15, 0.2) is 0 Å². The molecule has 0 aliphatic carbocycles. The zero-order chi connectivity index (χ0) is 5.98. The van der Waals surface area contributed by atoms with Gasteiger partial charge < -0.3 is 5.11 Å². The Labute approximate surface area is 70.0 Å². The summed E-state index contributed by atoms with van der Waals surface area (Å²) in [6.07, 6.45) is 0. The Morgan fingerprint density at radius 3 is 2.11 bits per heavy atom. The van der Waals surface area contributed by atoms with Gasteiger partial charge in [-0.15, -0.1) is 0 Å². The van der Waals surface area contributed by atoms with Crippen molar-refractivity contribution in [2.75, 3.05) is 0 Å². The van der Waals surface area contributed by atoms with Crippen molar-refractivity contribution in [2.45, 2.75) is 0 Å². The molecule has 1 aromatic rings. The molecule has 3 radical (unpaired) electrons. The zero-order valence-electron chi connectivity index (χ0n) is 4.58. The first-order valence-electron chi connectivity index (χ1n) is 2.24. The molecule has 0 aromatic heterocycles. The summed E-state index contributed by atoms with van der Waals surface area (Å²) in [4.78, 5) is 0. The molecule has 1 N–H and O–H groups in total. The van der Waals surface area contributed by atoms with E-state index >= 15 is 0 Å². The first-order valence-corrected chi connectivity index (χ1v) is 2.62. The van der Waals surface area contributed by atoms with E-state index in [9.17, 15) is 0 Å². The van der Waals surface area contributed by atoms with E-state index in [0.29, 0.717) is 5.02 Å². The van der Waals surface area contributed by atoms with Crippen LogP contribution < -0.4 is 0 Å². The van der Waals surface area contributed by atoms with Gasteiger partial charge in [-0.2, -0.15) is 0 Å². The van der Waals surface area contributed by atoms with Crippen LogP contribution in [0.5, 0.6) is 5.75 Å². The average Bonchev–Trinajstić information content (AvgIpc) is 1.77. The maximum Gasteiger partial charge on any atom is 0.134 e. The van der Waals surface area contributed by atoms with Crippen molar-refractivity contribution >= 4 is 29.6 Å². The topological polar surface area (TPSA) is 20.2 Å². The van der Waals surface area contributed by atoms with Gasteiger partial charge in [0.05, 0.1) is 5.02 Å². The summed E-state index contributed by atoms with van der Waals surface area (Å²) in [5.74, 6) is 0.133. The van der Waals surface area contributed by atoms with Crippen LogP contribution in [0.1, 0.15) is 0 Å². The van der Waals surface area contributed by atoms with Crippen LogP contribution in [0.25, 0.3) is 0 Å². The number of hydrogen-bond acceptors (Lipinski definition) is 1. The summed E-state index contributed by atoms with van der Waals surface area (Å²) in [6.45, 7) is 0. The van der Waals surface area contributed by atoms with E-state index in [0.717, 1.165) is 0 Å². The number of hydrogen-bond donors (Lipinski definition) is 1. The summed E-state index contributed by atoms with van der Waals surface area (Å²) in [5, 5.41) is 9.18. The summed E-state index contributed by atoms with van der Waals surface area (Å²) >= 11 is 5.46. The molecular formula is C6H5AsClO. The van der Waals surface area contributed by atoms with Crippen LogP contribution in [0.4, 0.5) is 0 Å². The van der Waals surface area contributed by atoms with Gasteiger partial charge in [0, 0.05) is 18.0 Å². The van der Waals surface area contributed by atoms with Gasteiger partial charge in [0.1, 0.15) is 5.75 Å². The van der Waals surface area contributed by atoms with Crippen molar-refractivity contribution in [3.05, 3.63) is 29.3 Å². The first kappa shape index (κ1) is 8.87. The predicted octanol–water partition coefficient (Wildman–Crippen LogP) is 1.66. The molecule has 3 heteroatoms. The van der Waals surface area contributed by atoms with E-state index in [4.69, 9.17) is 16.7 Å². The normalized spacial score (nSPS) is 8.11. The molecule has 0 atom stereocenters. The van der Waals surface area contributed by atoms with Crippen LogP contribution >= 0.6 is 11.6 Å². The van der Waals surface area contributed by atoms with Crippen molar-refractivity contribution in [3.63, 3.8) is 0 Å². The minimum atomic E-state index is 0. The second kappa shape index (κ2) is 3.81. The van der Waals surface area contributed by atoms with Crippen LogP contribution in [0.15, 0.2) is 24.3 Å². The monoisotopic (exact) mass is 203 g/mol. The van der Waals surface area contributed by atoms with Gasteiger partial charge in [-0.05, 0) is 12.1 Å². The molecule has 0 heterocycles. The van der Waals surface area contributed by atoms with Crippen molar-refractivity contribution in [3.8, 4) is 5.75 Å². The van der Waals surface area contributed by atoms with Gasteiger partial charge >= 0.3 is 0 Å². The minimum Gasteiger partial charge on any atom is -0.506 e. The molecule has 0 saturated carbocycles. The Morgan fingerprint density at radius 1 is 1.22 bits per heavy atom. The fourth-order valence-corrected chi connectivity index (χ4v) is 0.587. The maximum absolute atomic E-state index is 8.79. The molecule has 1 rings (SSSR count). The number of halogens is 1. The molecule has 0 fully saturated rings. The second-order valence-corrected chi connectivity index (χ2v) is 1.86. The van der Waals surface area contributed by atoms with Crippen molar-refractivity contribution < 1.29 is 5.11 Å². The van der Waals surface area contributed by atoms with Crippen LogP contribution in [0, 0.1) is 0 Å². The number of para-hydroxylation sites is 1. The molecule has 0 aliphatic heterocycles. The molecule has 1 nitrogen and oxygen atoms in total. The van der Waals surface area contributed by atoms with Crippen LogP contribution in [-0.2, 0) is 0 Å². The molecule has 0 spiro atoms. The molecule has 9 heavy (non-hydrogen) atoms.